The quantitative estimate of drug-likeness (QED) is 0.150. The lowest BCUT2D eigenvalue weighted by atomic mass is 9.93. The molecule has 0 aromatic heterocycles. The van der Waals surface area contributed by atoms with Crippen LogP contribution in [0.1, 0.15) is 192 Å². The fourth-order valence-corrected chi connectivity index (χ4v) is 5.15. The molecule has 0 amide bonds. The first-order chi connectivity index (χ1) is 22.3. The highest BCUT2D eigenvalue weighted by molar-refractivity contribution is 5.15. The van der Waals surface area contributed by atoms with Gasteiger partial charge in [-0.2, -0.15) is 0 Å². The van der Waals surface area contributed by atoms with Crippen LogP contribution in [0.5, 0.6) is 0 Å². The summed E-state index contributed by atoms with van der Waals surface area (Å²) >= 11 is 0. The Morgan fingerprint density at radius 2 is 0.898 bits per heavy atom. The third-order valence-electron chi connectivity index (χ3n) is 8.71. The summed E-state index contributed by atoms with van der Waals surface area (Å²) in [6.07, 6.45) is 12.4. The third-order valence-corrected chi connectivity index (χ3v) is 8.71. The first-order valence-corrected chi connectivity index (χ1v) is 20.6. The van der Waals surface area contributed by atoms with Crippen molar-refractivity contribution in [3.8, 4) is 11.8 Å². The molecule has 0 heteroatoms. The number of hydrogen-bond acceptors (Lipinski definition) is 0. The van der Waals surface area contributed by atoms with Crippen molar-refractivity contribution in [3.05, 3.63) is 46.1 Å². The van der Waals surface area contributed by atoms with E-state index in [-0.39, 0.29) is 0 Å². The molecule has 0 nitrogen and oxygen atoms in total. The molecular weight excluding hydrogens is 589 g/mol. The molecule has 1 rings (SSSR count). The van der Waals surface area contributed by atoms with Crippen LogP contribution in [0.25, 0.3) is 0 Å². The highest BCUT2D eigenvalue weighted by Gasteiger charge is 2.27. The van der Waals surface area contributed by atoms with Gasteiger partial charge >= 0.3 is 0 Å². The number of hydrogen-bond donors (Lipinski definition) is 0. The van der Waals surface area contributed by atoms with E-state index >= 15 is 0 Å². The van der Waals surface area contributed by atoms with Crippen LogP contribution in [0, 0.1) is 76.9 Å². The van der Waals surface area contributed by atoms with Gasteiger partial charge in [0.2, 0.25) is 0 Å². The molecule has 1 aliphatic carbocycles. The molecular formula is C49H94. The van der Waals surface area contributed by atoms with E-state index < -0.39 is 0 Å². The Kier molecular flexibility index (Phi) is 34.7. The van der Waals surface area contributed by atoms with Gasteiger partial charge in [0.25, 0.3) is 0 Å². The molecule has 0 spiro atoms. The minimum atomic E-state index is 0.525. The van der Waals surface area contributed by atoms with E-state index in [1.807, 2.05) is 0 Å². The molecule has 1 aliphatic rings. The molecule has 0 atom stereocenters. The van der Waals surface area contributed by atoms with Gasteiger partial charge in [-0.05, 0) is 99.7 Å². The molecule has 0 bridgehead atoms. The second-order valence-electron chi connectivity index (χ2n) is 17.7. The summed E-state index contributed by atoms with van der Waals surface area (Å²) < 4.78 is 0. The lowest BCUT2D eigenvalue weighted by Crippen LogP contribution is -1.98. The summed E-state index contributed by atoms with van der Waals surface area (Å²) in [6.45, 7) is 53.5. The number of rotatable bonds is 11. The molecule has 0 radical (unpaired) electrons. The maximum absolute atomic E-state index is 3.09. The molecule has 290 valence electrons. The average Bonchev–Trinajstić information content (AvgIpc) is 3.81. The van der Waals surface area contributed by atoms with Crippen LogP contribution in [-0.4, -0.2) is 0 Å². The summed E-state index contributed by atoms with van der Waals surface area (Å²) in [5.74, 6) is 14.1. The van der Waals surface area contributed by atoms with E-state index in [0.717, 1.165) is 35.5 Å². The molecule has 1 saturated carbocycles. The van der Waals surface area contributed by atoms with Crippen LogP contribution in [-0.2, 0) is 0 Å². The summed E-state index contributed by atoms with van der Waals surface area (Å²) in [5.41, 5.74) is 8.00. The molecule has 49 heavy (non-hydrogen) atoms. The normalized spacial score (nSPS) is 14.4. The van der Waals surface area contributed by atoms with Gasteiger partial charge in [-0.1, -0.05) is 191 Å². The van der Waals surface area contributed by atoms with Crippen molar-refractivity contribution in [2.75, 3.05) is 0 Å². The highest BCUT2D eigenvalue weighted by Crippen LogP contribution is 2.40. The largest absolute Gasteiger partial charge is 0.100 e. The standard InChI is InChI=1S/C11H20.3C10H20.C8H14/c1-8(2)7-11(9(3)4)10-5-6-10;1-7(2)9(5)10(6)8(3)4;2*1-6-10(9(4)5)7-8(2)3;1-7(2)5-6-8(3)4/h7-10H,5-6H2,1-4H3;7-8H,1-6H3;7-9H,6H2,1-5H3;6,8-9H,7H2,1-5H3;7-8H,1-4H3/b11-7-;10-9+;10-7+;10-6+;. The molecule has 0 aromatic carbocycles. The Morgan fingerprint density at radius 3 is 1.04 bits per heavy atom. The van der Waals surface area contributed by atoms with Gasteiger partial charge < -0.3 is 0 Å². The van der Waals surface area contributed by atoms with Gasteiger partial charge in [-0.3, -0.25) is 0 Å². The minimum Gasteiger partial charge on any atom is -0.100 e. The average molecular weight is 683 g/mol. The zero-order chi connectivity index (χ0) is 39.6. The van der Waals surface area contributed by atoms with Gasteiger partial charge in [0, 0.05) is 11.8 Å². The lowest BCUT2D eigenvalue weighted by Gasteiger charge is -2.13. The van der Waals surface area contributed by atoms with Gasteiger partial charge in [0.1, 0.15) is 0 Å². The lowest BCUT2D eigenvalue weighted by molar-refractivity contribution is 0.586. The SMILES string of the molecule is C/C(=C(/C)C(C)C)C(C)C.C/C=C(\CC(C)C)C(C)C.CC(C)/C=C(/C(C)C)C1CC1.CC(C)C#CC(C)C.CC/C(=C\C(C)C)C(C)C. The van der Waals surface area contributed by atoms with Crippen LogP contribution in [0.4, 0.5) is 0 Å². The first-order valence-electron chi connectivity index (χ1n) is 20.6. The Bertz CT molecular complexity index is 931. The molecule has 0 saturated heterocycles. The summed E-state index contributed by atoms with van der Waals surface area (Å²) in [5, 5.41) is 0. The molecule has 1 fully saturated rings. The minimum absolute atomic E-state index is 0.525. The number of allylic oxidation sites excluding steroid dienone is 8. The maximum atomic E-state index is 3.09. The molecule has 0 aromatic rings. The van der Waals surface area contributed by atoms with Crippen LogP contribution in [0.2, 0.25) is 0 Å². The molecule has 0 heterocycles. The van der Waals surface area contributed by atoms with E-state index in [1.165, 1.54) is 25.7 Å². The predicted molar refractivity (Wildman–Crippen MR) is 232 cm³/mol. The fraction of sp³-hybridized carbons (Fsp3) is 0.796. The van der Waals surface area contributed by atoms with E-state index in [0.29, 0.717) is 29.6 Å². The Labute approximate surface area is 314 Å². The van der Waals surface area contributed by atoms with Crippen LogP contribution < -0.4 is 0 Å². The Morgan fingerprint density at radius 1 is 0.531 bits per heavy atom. The topological polar surface area (TPSA) is 0 Å². The summed E-state index contributed by atoms with van der Waals surface area (Å²) in [6, 6.07) is 0. The maximum Gasteiger partial charge on any atom is 0.0146 e. The first kappa shape index (κ1) is 54.3. The van der Waals surface area contributed by atoms with Gasteiger partial charge in [0.15, 0.2) is 0 Å². The molecule has 0 N–H and O–H groups in total. The zero-order valence-electron chi connectivity index (χ0n) is 38.4. The van der Waals surface area contributed by atoms with Crippen molar-refractivity contribution >= 4 is 0 Å². The molecule has 0 aliphatic heterocycles. The second kappa shape index (κ2) is 31.3. The van der Waals surface area contributed by atoms with Gasteiger partial charge in [-0.15, -0.1) is 11.8 Å². The van der Waals surface area contributed by atoms with E-state index in [9.17, 15) is 0 Å². The van der Waals surface area contributed by atoms with Crippen molar-refractivity contribution in [2.45, 2.75) is 192 Å². The van der Waals surface area contributed by atoms with E-state index in [1.54, 1.807) is 27.9 Å². The smallest absolute Gasteiger partial charge is 0.0146 e. The predicted octanol–water partition coefficient (Wildman–Crippen LogP) is 16.8. The van der Waals surface area contributed by atoms with Crippen molar-refractivity contribution in [1.29, 1.82) is 0 Å². The fourth-order valence-electron chi connectivity index (χ4n) is 5.15. The van der Waals surface area contributed by atoms with Gasteiger partial charge in [-0.25, -0.2) is 0 Å². The Balaban J connectivity index is -0.000000259. The van der Waals surface area contributed by atoms with Crippen molar-refractivity contribution < 1.29 is 0 Å². The van der Waals surface area contributed by atoms with Crippen molar-refractivity contribution in [3.63, 3.8) is 0 Å². The second-order valence-corrected chi connectivity index (χ2v) is 17.7. The Hall–Kier alpha value is -1.48. The van der Waals surface area contributed by atoms with Crippen molar-refractivity contribution in [2.24, 2.45) is 65.1 Å². The summed E-state index contributed by atoms with van der Waals surface area (Å²) in [4.78, 5) is 0. The van der Waals surface area contributed by atoms with Gasteiger partial charge in [0.05, 0.1) is 0 Å². The van der Waals surface area contributed by atoms with Crippen LogP contribution in [0.3, 0.4) is 0 Å². The highest BCUT2D eigenvalue weighted by atomic mass is 14.3. The van der Waals surface area contributed by atoms with Crippen LogP contribution >= 0.6 is 0 Å². The summed E-state index contributed by atoms with van der Waals surface area (Å²) in [7, 11) is 0. The monoisotopic (exact) mass is 683 g/mol. The van der Waals surface area contributed by atoms with E-state index in [4.69, 9.17) is 0 Å². The molecule has 0 unspecified atom stereocenters. The van der Waals surface area contributed by atoms with Crippen molar-refractivity contribution in [1.82, 2.24) is 0 Å². The van der Waals surface area contributed by atoms with Crippen LogP contribution in [0.15, 0.2) is 46.1 Å². The van der Waals surface area contributed by atoms with E-state index in [2.05, 4.69) is 196 Å². The zero-order valence-corrected chi connectivity index (χ0v) is 38.4. The third kappa shape index (κ3) is 36.1.